The number of nitrogens with zero attached hydrogens (tertiary/aromatic N) is 3. The second-order valence-corrected chi connectivity index (χ2v) is 5.73. The molecule has 1 N–H and O–H groups in total. The quantitative estimate of drug-likeness (QED) is 0.836. The molecule has 0 aliphatic carbocycles. The summed E-state index contributed by atoms with van der Waals surface area (Å²) in [4.78, 5) is 12.4. The normalized spacial score (nSPS) is 16.7. The lowest BCUT2D eigenvalue weighted by atomic mass is 10.1. The number of aromatic nitrogens is 3. The number of methoxy groups -OCH3 is 1. The van der Waals surface area contributed by atoms with Gasteiger partial charge in [-0.05, 0) is 18.6 Å². The Balaban J connectivity index is 1.90. The summed E-state index contributed by atoms with van der Waals surface area (Å²) >= 11 is 0. The minimum absolute atomic E-state index is 0.219. The highest BCUT2D eigenvalue weighted by molar-refractivity contribution is 5.81. The number of nitrogens with one attached hydrogen (secondary N) is 1. The fourth-order valence-corrected chi connectivity index (χ4v) is 2.89. The molecule has 6 nitrogen and oxygen atoms in total. The number of carbonyl (C=O) groups excluding carboxylic acids is 1. The first-order valence-electron chi connectivity index (χ1n) is 7.80. The second-order valence-electron chi connectivity index (χ2n) is 5.73. The minimum atomic E-state index is -4.44. The number of carbonyl (C=O) groups is 1. The van der Waals surface area contributed by atoms with Crippen molar-refractivity contribution < 1.29 is 22.7 Å². The molecular weight excluding hydrogens is 337 g/mol. The van der Waals surface area contributed by atoms with E-state index in [1.165, 1.54) is 19.2 Å². The van der Waals surface area contributed by atoms with Crippen LogP contribution in [0, 0.1) is 0 Å². The molecule has 3 rings (SSSR count). The third-order valence-electron chi connectivity index (χ3n) is 4.08. The minimum Gasteiger partial charge on any atom is -0.383 e. The number of alkyl halides is 3. The van der Waals surface area contributed by atoms with Crippen molar-refractivity contribution in [3.63, 3.8) is 0 Å². The van der Waals surface area contributed by atoms with Gasteiger partial charge in [-0.15, -0.1) is 10.2 Å². The van der Waals surface area contributed by atoms with E-state index in [0.29, 0.717) is 31.8 Å². The zero-order valence-corrected chi connectivity index (χ0v) is 13.5. The number of halogens is 3. The van der Waals surface area contributed by atoms with Gasteiger partial charge in [0.15, 0.2) is 5.82 Å². The fourth-order valence-electron chi connectivity index (χ4n) is 2.89. The molecule has 134 valence electrons. The number of hydrogen-bond acceptors (Lipinski definition) is 4. The van der Waals surface area contributed by atoms with Gasteiger partial charge < -0.3 is 10.1 Å². The summed E-state index contributed by atoms with van der Waals surface area (Å²) in [5.41, 5.74) is -0.480. The largest absolute Gasteiger partial charge is 0.416 e. The van der Waals surface area contributed by atoms with Crippen molar-refractivity contribution in [2.75, 3.05) is 20.3 Å². The summed E-state index contributed by atoms with van der Waals surface area (Å²) in [5, 5.41) is 10.8. The molecule has 1 amide bonds. The van der Waals surface area contributed by atoms with E-state index in [-0.39, 0.29) is 17.3 Å². The summed E-state index contributed by atoms with van der Waals surface area (Å²) in [6.07, 6.45) is -3.36. The number of ether oxygens (including phenoxy) is 1. The molecule has 1 unspecified atom stereocenters. The van der Waals surface area contributed by atoms with E-state index in [0.717, 1.165) is 12.1 Å². The number of aryl methyl sites for hydroxylation is 1. The molecule has 0 radical (unpaired) electrons. The van der Waals surface area contributed by atoms with Gasteiger partial charge in [-0.1, -0.05) is 12.1 Å². The Kier molecular flexibility index (Phi) is 4.76. The zero-order chi connectivity index (χ0) is 18.0. The second kappa shape index (κ2) is 6.83. The van der Waals surface area contributed by atoms with Gasteiger partial charge in [0.1, 0.15) is 11.9 Å². The lowest BCUT2D eigenvalue weighted by Gasteiger charge is -2.16. The molecule has 1 aromatic carbocycles. The summed E-state index contributed by atoms with van der Waals surface area (Å²) < 4.78 is 45.3. The first kappa shape index (κ1) is 17.4. The molecule has 25 heavy (non-hydrogen) atoms. The van der Waals surface area contributed by atoms with Crippen LogP contribution in [0.1, 0.15) is 23.9 Å². The van der Waals surface area contributed by atoms with Crippen molar-refractivity contribution >= 4 is 5.91 Å². The van der Waals surface area contributed by atoms with Gasteiger partial charge in [0.05, 0.1) is 12.2 Å². The SMILES string of the molecule is COCCNC(=O)C1CCc2nnc(-c3cccc(C(F)(F)F)c3)n21. The van der Waals surface area contributed by atoms with Crippen LogP contribution in [0.4, 0.5) is 13.2 Å². The van der Waals surface area contributed by atoms with E-state index < -0.39 is 17.8 Å². The van der Waals surface area contributed by atoms with Crippen LogP contribution < -0.4 is 5.32 Å². The number of hydrogen-bond donors (Lipinski definition) is 1. The van der Waals surface area contributed by atoms with Crippen LogP contribution in [0.25, 0.3) is 11.4 Å². The zero-order valence-electron chi connectivity index (χ0n) is 13.5. The van der Waals surface area contributed by atoms with Crippen LogP contribution in [-0.2, 0) is 22.1 Å². The summed E-state index contributed by atoms with van der Waals surface area (Å²) in [6, 6.07) is 4.34. The summed E-state index contributed by atoms with van der Waals surface area (Å²) in [5.74, 6) is 0.647. The van der Waals surface area contributed by atoms with Crippen molar-refractivity contribution in [2.24, 2.45) is 0 Å². The lowest BCUT2D eigenvalue weighted by Crippen LogP contribution is -2.33. The van der Waals surface area contributed by atoms with Crippen LogP contribution in [0.15, 0.2) is 24.3 Å². The average molecular weight is 354 g/mol. The van der Waals surface area contributed by atoms with Crippen molar-refractivity contribution in [3.8, 4) is 11.4 Å². The molecule has 2 aromatic rings. The van der Waals surface area contributed by atoms with E-state index >= 15 is 0 Å². The maximum Gasteiger partial charge on any atom is 0.416 e. The van der Waals surface area contributed by atoms with Gasteiger partial charge in [-0.25, -0.2) is 0 Å². The highest BCUT2D eigenvalue weighted by Crippen LogP contribution is 2.34. The molecule has 0 bridgehead atoms. The van der Waals surface area contributed by atoms with Crippen LogP contribution in [0.3, 0.4) is 0 Å². The Morgan fingerprint density at radius 1 is 1.40 bits per heavy atom. The standard InChI is InChI=1S/C16H17F3N4O2/c1-25-8-7-20-15(24)12-5-6-13-21-22-14(23(12)13)10-3-2-4-11(9-10)16(17,18)19/h2-4,9,12H,5-8H2,1H3,(H,20,24). The predicted octanol–water partition coefficient (Wildman–Crippen LogP) is 2.21. The number of rotatable bonds is 5. The molecular formula is C16H17F3N4O2. The lowest BCUT2D eigenvalue weighted by molar-refractivity contribution is -0.137. The van der Waals surface area contributed by atoms with E-state index in [9.17, 15) is 18.0 Å². The third-order valence-corrected chi connectivity index (χ3v) is 4.08. The van der Waals surface area contributed by atoms with Gasteiger partial charge in [-0.2, -0.15) is 13.2 Å². The highest BCUT2D eigenvalue weighted by atomic mass is 19.4. The number of benzene rings is 1. The smallest absolute Gasteiger partial charge is 0.383 e. The van der Waals surface area contributed by atoms with Crippen LogP contribution in [0.5, 0.6) is 0 Å². The Labute approximate surface area is 142 Å². The third kappa shape index (κ3) is 3.51. The van der Waals surface area contributed by atoms with Gasteiger partial charge in [-0.3, -0.25) is 9.36 Å². The highest BCUT2D eigenvalue weighted by Gasteiger charge is 2.34. The topological polar surface area (TPSA) is 69.0 Å². The molecule has 0 saturated carbocycles. The molecule has 0 saturated heterocycles. The molecule has 2 heterocycles. The maximum atomic E-state index is 12.9. The maximum absolute atomic E-state index is 12.9. The van der Waals surface area contributed by atoms with Crippen molar-refractivity contribution in [1.29, 1.82) is 0 Å². The van der Waals surface area contributed by atoms with Crippen LogP contribution in [-0.4, -0.2) is 40.9 Å². The van der Waals surface area contributed by atoms with Crippen LogP contribution in [0.2, 0.25) is 0 Å². The molecule has 1 aromatic heterocycles. The monoisotopic (exact) mass is 354 g/mol. The van der Waals surface area contributed by atoms with Gasteiger partial charge >= 0.3 is 6.18 Å². The van der Waals surface area contributed by atoms with Crippen molar-refractivity contribution in [2.45, 2.75) is 25.1 Å². The molecule has 1 atom stereocenters. The van der Waals surface area contributed by atoms with E-state index in [2.05, 4.69) is 15.5 Å². The number of amides is 1. The van der Waals surface area contributed by atoms with E-state index in [4.69, 9.17) is 4.74 Å². The summed E-state index contributed by atoms with van der Waals surface area (Å²) in [6.45, 7) is 0.746. The van der Waals surface area contributed by atoms with E-state index in [1.54, 1.807) is 4.57 Å². The Morgan fingerprint density at radius 3 is 2.92 bits per heavy atom. The van der Waals surface area contributed by atoms with Gasteiger partial charge in [0.2, 0.25) is 5.91 Å². The van der Waals surface area contributed by atoms with Gasteiger partial charge in [0, 0.05) is 25.6 Å². The van der Waals surface area contributed by atoms with Crippen molar-refractivity contribution in [1.82, 2.24) is 20.1 Å². The van der Waals surface area contributed by atoms with Crippen molar-refractivity contribution in [3.05, 3.63) is 35.7 Å². The Bertz CT molecular complexity index is 773. The molecule has 0 spiro atoms. The first-order chi connectivity index (χ1) is 11.9. The summed E-state index contributed by atoms with van der Waals surface area (Å²) in [7, 11) is 1.53. The van der Waals surface area contributed by atoms with E-state index in [1.807, 2.05) is 0 Å². The first-order valence-corrected chi connectivity index (χ1v) is 7.80. The Morgan fingerprint density at radius 2 is 2.20 bits per heavy atom. The Hall–Kier alpha value is -2.42. The van der Waals surface area contributed by atoms with Gasteiger partial charge in [0.25, 0.3) is 0 Å². The molecule has 1 aliphatic heterocycles. The van der Waals surface area contributed by atoms with Crippen LogP contribution >= 0.6 is 0 Å². The fraction of sp³-hybridized carbons (Fsp3) is 0.438. The average Bonchev–Trinajstić information content (AvgIpc) is 3.16. The molecule has 0 fully saturated rings. The molecule has 9 heteroatoms. The molecule has 1 aliphatic rings. The predicted molar refractivity (Wildman–Crippen MR) is 82.7 cm³/mol. The number of fused-ring (bicyclic) bond motifs is 1.